The van der Waals surface area contributed by atoms with Crippen LogP contribution in [0.4, 0.5) is 0 Å². The highest BCUT2D eigenvalue weighted by Crippen LogP contribution is 2.35. The Kier molecular flexibility index (Phi) is 4.17. The van der Waals surface area contributed by atoms with Crippen molar-refractivity contribution in [3.63, 3.8) is 0 Å². The van der Waals surface area contributed by atoms with Crippen molar-refractivity contribution in [3.8, 4) is 5.75 Å². The number of halogens is 1. The first kappa shape index (κ1) is 15.1. The Balaban J connectivity index is 1.60. The highest BCUT2D eigenvalue weighted by molar-refractivity contribution is 7.71. The first-order valence-corrected chi connectivity index (χ1v) is 7.77. The van der Waals surface area contributed by atoms with Crippen LogP contribution in [-0.4, -0.2) is 32.3 Å². The van der Waals surface area contributed by atoms with Crippen LogP contribution in [0.25, 0.3) is 0 Å². The molecule has 0 aliphatic heterocycles. The van der Waals surface area contributed by atoms with E-state index in [0.29, 0.717) is 29.3 Å². The molecular formula is C14H15ClN4O2S. The third kappa shape index (κ3) is 3.15. The number of amides is 1. The Morgan fingerprint density at radius 3 is 3.00 bits per heavy atom. The summed E-state index contributed by atoms with van der Waals surface area (Å²) in [6.45, 7) is 0.448. The van der Waals surface area contributed by atoms with Gasteiger partial charge in [-0.2, -0.15) is 5.10 Å². The van der Waals surface area contributed by atoms with E-state index >= 15 is 0 Å². The number of benzene rings is 1. The molecule has 2 aromatic rings. The van der Waals surface area contributed by atoms with Gasteiger partial charge in [-0.3, -0.25) is 9.89 Å². The molecule has 1 aliphatic rings. The number of phenolic OH excluding ortho intramolecular Hbond substituents is 1. The fourth-order valence-corrected chi connectivity index (χ4v) is 2.74. The summed E-state index contributed by atoms with van der Waals surface area (Å²) in [5.41, 5.74) is 0.406. The number of phenols is 1. The lowest BCUT2D eigenvalue weighted by Crippen LogP contribution is -2.26. The summed E-state index contributed by atoms with van der Waals surface area (Å²) in [5.74, 6) is 0.573. The van der Waals surface area contributed by atoms with Crippen molar-refractivity contribution in [1.82, 2.24) is 20.1 Å². The van der Waals surface area contributed by atoms with Crippen molar-refractivity contribution in [1.29, 1.82) is 0 Å². The second kappa shape index (κ2) is 6.10. The van der Waals surface area contributed by atoms with Gasteiger partial charge in [0.25, 0.3) is 5.91 Å². The molecule has 1 fully saturated rings. The maximum absolute atomic E-state index is 12.0. The molecule has 3 N–H and O–H groups in total. The van der Waals surface area contributed by atoms with E-state index in [4.69, 9.17) is 23.8 Å². The minimum Gasteiger partial charge on any atom is -0.506 e. The van der Waals surface area contributed by atoms with Crippen molar-refractivity contribution >= 4 is 29.7 Å². The Labute approximate surface area is 137 Å². The standard InChI is InChI=1S/C14H15ClN4O2S/c15-10-7-8(1-4-11(10)20)13(21)16-6-5-12-17-18-14(22)19(12)9-2-3-9/h1,4,7,9,20H,2-3,5-6H2,(H,16,21)(H,18,22). The molecule has 0 atom stereocenters. The van der Waals surface area contributed by atoms with Crippen LogP contribution in [0, 0.1) is 4.77 Å². The number of hydrogen-bond donors (Lipinski definition) is 3. The monoisotopic (exact) mass is 338 g/mol. The van der Waals surface area contributed by atoms with E-state index in [2.05, 4.69) is 15.5 Å². The first-order chi connectivity index (χ1) is 10.6. The maximum Gasteiger partial charge on any atom is 0.251 e. The summed E-state index contributed by atoms with van der Waals surface area (Å²) in [4.78, 5) is 12.0. The van der Waals surface area contributed by atoms with E-state index < -0.39 is 0 Å². The molecule has 22 heavy (non-hydrogen) atoms. The smallest absolute Gasteiger partial charge is 0.251 e. The zero-order chi connectivity index (χ0) is 15.7. The summed E-state index contributed by atoms with van der Waals surface area (Å²) in [5, 5.41) is 19.3. The van der Waals surface area contributed by atoms with E-state index in [1.54, 1.807) is 0 Å². The average Bonchev–Trinajstić information content (AvgIpc) is 3.26. The molecular weight excluding hydrogens is 324 g/mol. The molecule has 6 nitrogen and oxygen atoms in total. The molecule has 1 aromatic heterocycles. The van der Waals surface area contributed by atoms with Gasteiger partial charge in [0, 0.05) is 24.6 Å². The summed E-state index contributed by atoms with van der Waals surface area (Å²) in [6.07, 6.45) is 2.85. The Morgan fingerprint density at radius 1 is 1.55 bits per heavy atom. The number of aromatic hydroxyl groups is 1. The Hall–Kier alpha value is -1.86. The molecule has 0 radical (unpaired) electrons. The second-order valence-electron chi connectivity index (χ2n) is 5.22. The largest absolute Gasteiger partial charge is 0.506 e. The average molecular weight is 339 g/mol. The number of aromatic amines is 1. The van der Waals surface area contributed by atoms with Crippen molar-refractivity contribution in [2.24, 2.45) is 0 Å². The number of hydrogen-bond acceptors (Lipinski definition) is 4. The zero-order valence-corrected chi connectivity index (χ0v) is 13.2. The maximum atomic E-state index is 12.0. The van der Waals surface area contributed by atoms with Gasteiger partial charge in [-0.25, -0.2) is 0 Å². The number of H-pyrrole nitrogens is 1. The molecule has 1 amide bonds. The highest BCUT2D eigenvalue weighted by atomic mass is 35.5. The summed E-state index contributed by atoms with van der Waals surface area (Å²) in [6, 6.07) is 4.81. The SMILES string of the molecule is O=C(NCCc1n[nH]c(=S)n1C1CC1)c1ccc(O)c(Cl)c1. The van der Waals surface area contributed by atoms with E-state index in [1.807, 2.05) is 4.57 Å². The van der Waals surface area contributed by atoms with Crippen LogP contribution >= 0.6 is 23.8 Å². The van der Waals surface area contributed by atoms with Gasteiger partial charge in [0.05, 0.1) is 5.02 Å². The molecule has 3 rings (SSSR count). The van der Waals surface area contributed by atoms with E-state index in [9.17, 15) is 9.90 Å². The lowest BCUT2D eigenvalue weighted by atomic mass is 10.2. The molecule has 0 spiro atoms. The predicted octanol–water partition coefficient (Wildman–Crippen LogP) is 2.61. The van der Waals surface area contributed by atoms with Crippen LogP contribution in [-0.2, 0) is 6.42 Å². The minimum absolute atomic E-state index is 0.0433. The van der Waals surface area contributed by atoms with Crippen molar-refractivity contribution in [3.05, 3.63) is 39.4 Å². The molecule has 0 saturated heterocycles. The molecule has 116 valence electrons. The first-order valence-electron chi connectivity index (χ1n) is 6.99. The third-order valence-corrected chi connectivity index (χ3v) is 4.12. The zero-order valence-electron chi connectivity index (χ0n) is 11.7. The normalized spacial score (nSPS) is 14.0. The van der Waals surface area contributed by atoms with E-state index in [1.165, 1.54) is 18.2 Å². The quantitative estimate of drug-likeness (QED) is 0.732. The van der Waals surface area contributed by atoms with Gasteiger partial charge in [-0.15, -0.1) is 0 Å². The Bertz CT molecular complexity index is 766. The lowest BCUT2D eigenvalue weighted by Gasteiger charge is -2.07. The lowest BCUT2D eigenvalue weighted by molar-refractivity contribution is 0.0954. The molecule has 1 aromatic carbocycles. The van der Waals surface area contributed by atoms with Crippen LogP contribution in [0.2, 0.25) is 5.02 Å². The van der Waals surface area contributed by atoms with E-state index in [-0.39, 0.29) is 16.7 Å². The molecule has 8 heteroatoms. The molecule has 0 unspecified atom stereocenters. The number of rotatable bonds is 5. The van der Waals surface area contributed by atoms with Gasteiger partial charge in [-0.05, 0) is 43.3 Å². The fourth-order valence-electron chi connectivity index (χ4n) is 2.26. The molecule has 1 aliphatic carbocycles. The van der Waals surface area contributed by atoms with Crippen molar-refractivity contribution in [2.75, 3.05) is 6.54 Å². The number of nitrogens with zero attached hydrogens (tertiary/aromatic N) is 2. The molecule has 1 heterocycles. The third-order valence-electron chi connectivity index (χ3n) is 3.53. The summed E-state index contributed by atoms with van der Waals surface area (Å²) < 4.78 is 2.66. The van der Waals surface area contributed by atoms with E-state index in [0.717, 1.165) is 18.7 Å². The number of nitrogens with one attached hydrogen (secondary N) is 2. The minimum atomic E-state index is -0.242. The van der Waals surface area contributed by atoms with Crippen molar-refractivity contribution in [2.45, 2.75) is 25.3 Å². The van der Waals surface area contributed by atoms with Crippen LogP contribution in [0.3, 0.4) is 0 Å². The van der Waals surface area contributed by atoms with Gasteiger partial charge in [0.15, 0.2) is 4.77 Å². The Morgan fingerprint density at radius 2 is 2.32 bits per heavy atom. The van der Waals surface area contributed by atoms with Crippen molar-refractivity contribution < 1.29 is 9.90 Å². The van der Waals surface area contributed by atoms with Gasteiger partial charge >= 0.3 is 0 Å². The molecule has 0 bridgehead atoms. The number of carbonyl (C=O) groups excluding carboxylic acids is 1. The highest BCUT2D eigenvalue weighted by Gasteiger charge is 2.26. The second-order valence-corrected chi connectivity index (χ2v) is 6.01. The summed E-state index contributed by atoms with van der Waals surface area (Å²) in [7, 11) is 0. The van der Waals surface area contributed by atoms with Crippen LogP contribution in [0.1, 0.15) is 35.1 Å². The van der Waals surface area contributed by atoms with Crippen LogP contribution in [0.5, 0.6) is 5.75 Å². The predicted molar refractivity (Wildman–Crippen MR) is 84.8 cm³/mol. The van der Waals surface area contributed by atoms with Gasteiger partial charge in [-0.1, -0.05) is 11.6 Å². The van der Waals surface area contributed by atoms with Gasteiger partial charge in [0.1, 0.15) is 11.6 Å². The van der Waals surface area contributed by atoms with Gasteiger partial charge in [0.2, 0.25) is 0 Å². The number of carbonyl (C=O) groups is 1. The topological polar surface area (TPSA) is 82.9 Å². The van der Waals surface area contributed by atoms with Crippen LogP contribution < -0.4 is 5.32 Å². The van der Waals surface area contributed by atoms with Crippen LogP contribution in [0.15, 0.2) is 18.2 Å². The fraction of sp³-hybridized carbons (Fsp3) is 0.357. The van der Waals surface area contributed by atoms with Gasteiger partial charge < -0.3 is 15.0 Å². The number of aromatic nitrogens is 3. The summed E-state index contributed by atoms with van der Waals surface area (Å²) >= 11 is 11.0. The molecule has 1 saturated carbocycles.